The first-order chi connectivity index (χ1) is 8.74. The van der Waals surface area contributed by atoms with Crippen molar-refractivity contribution in [2.45, 2.75) is 18.9 Å². The van der Waals surface area contributed by atoms with Gasteiger partial charge in [-0.05, 0) is 25.0 Å². The van der Waals surface area contributed by atoms with Crippen LogP contribution in [0.25, 0.3) is 0 Å². The van der Waals surface area contributed by atoms with E-state index in [4.69, 9.17) is 4.74 Å². The van der Waals surface area contributed by atoms with Crippen molar-refractivity contribution in [3.63, 3.8) is 0 Å². The van der Waals surface area contributed by atoms with E-state index in [-0.39, 0.29) is 5.91 Å². The zero-order valence-corrected chi connectivity index (χ0v) is 10.8. The molecule has 1 amide bonds. The van der Waals surface area contributed by atoms with Gasteiger partial charge >= 0.3 is 0 Å². The van der Waals surface area contributed by atoms with Gasteiger partial charge < -0.3 is 15.0 Å². The molecule has 1 saturated heterocycles. The molecule has 1 aliphatic heterocycles. The van der Waals surface area contributed by atoms with Crippen molar-refractivity contribution in [3.8, 4) is 0 Å². The summed E-state index contributed by atoms with van der Waals surface area (Å²) in [6.45, 7) is 1.51. The van der Waals surface area contributed by atoms with Gasteiger partial charge in [0.05, 0.1) is 11.7 Å². The van der Waals surface area contributed by atoms with Crippen LogP contribution in [-0.4, -0.2) is 49.1 Å². The Bertz CT molecular complexity index is 397. The average molecular weight is 249 g/mol. The Labute approximate surface area is 107 Å². The van der Waals surface area contributed by atoms with Gasteiger partial charge in [0, 0.05) is 33.4 Å². The molecule has 0 radical (unpaired) electrons. The first-order valence-electron chi connectivity index (χ1n) is 6.20. The number of rotatable bonds is 3. The standard InChI is InChI=1S/C13H19N3O2/c1-14-12-4-3-10(9-15-12)13(17)16-7-5-11(18-2)6-8-16/h3-4,9,11H,5-8H2,1-2H3,(H,14,15). The topological polar surface area (TPSA) is 54.5 Å². The van der Waals surface area contributed by atoms with Crippen molar-refractivity contribution in [2.75, 3.05) is 32.6 Å². The summed E-state index contributed by atoms with van der Waals surface area (Å²) in [6, 6.07) is 3.62. The molecule has 0 aromatic carbocycles. The number of likely N-dealkylation sites (tertiary alicyclic amines) is 1. The van der Waals surface area contributed by atoms with Gasteiger partial charge in [-0.2, -0.15) is 0 Å². The molecule has 1 fully saturated rings. The van der Waals surface area contributed by atoms with Crippen LogP contribution in [0.3, 0.4) is 0 Å². The Morgan fingerprint density at radius 3 is 2.67 bits per heavy atom. The number of methoxy groups -OCH3 is 1. The zero-order chi connectivity index (χ0) is 13.0. The van der Waals surface area contributed by atoms with Gasteiger partial charge in [0.25, 0.3) is 5.91 Å². The molecule has 1 aliphatic rings. The highest BCUT2D eigenvalue weighted by Gasteiger charge is 2.23. The van der Waals surface area contributed by atoms with Crippen LogP contribution in [0.15, 0.2) is 18.3 Å². The fraction of sp³-hybridized carbons (Fsp3) is 0.538. The number of ether oxygens (including phenoxy) is 1. The molecule has 2 heterocycles. The van der Waals surface area contributed by atoms with Crippen LogP contribution in [0.1, 0.15) is 23.2 Å². The van der Waals surface area contributed by atoms with Crippen molar-refractivity contribution >= 4 is 11.7 Å². The number of pyridine rings is 1. The average Bonchev–Trinajstić information content (AvgIpc) is 2.47. The second-order valence-electron chi connectivity index (χ2n) is 4.41. The Balaban J connectivity index is 1.98. The molecular formula is C13H19N3O2. The molecule has 0 bridgehead atoms. The highest BCUT2D eigenvalue weighted by atomic mass is 16.5. The Hall–Kier alpha value is -1.62. The lowest BCUT2D eigenvalue weighted by molar-refractivity contribution is 0.0350. The molecule has 1 aromatic rings. The fourth-order valence-electron chi connectivity index (χ4n) is 2.15. The third-order valence-electron chi connectivity index (χ3n) is 3.33. The molecule has 2 rings (SSSR count). The first-order valence-corrected chi connectivity index (χ1v) is 6.20. The van der Waals surface area contributed by atoms with Gasteiger partial charge in [-0.15, -0.1) is 0 Å². The number of anilines is 1. The van der Waals surface area contributed by atoms with Gasteiger partial charge in [-0.1, -0.05) is 0 Å². The smallest absolute Gasteiger partial charge is 0.255 e. The van der Waals surface area contributed by atoms with E-state index in [0.29, 0.717) is 11.7 Å². The van der Waals surface area contributed by atoms with E-state index in [2.05, 4.69) is 10.3 Å². The van der Waals surface area contributed by atoms with Crippen molar-refractivity contribution < 1.29 is 9.53 Å². The van der Waals surface area contributed by atoms with Crippen LogP contribution in [0, 0.1) is 0 Å². The number of amides is 1. The maximum absolute atomic E-state index is 12.2. The maximum atomic E-state index is 12.2. The fourth-order valence-corrected chi connectivity index (χ4v) is 2.15. The second-order valence-corrected chi connectivity index (χ2v) is 4.41. The molecule has 5 nitrogen and oxygen atoms in total. The summed E-state index contributed by atoms with van der Waals surface area (Å²) in [4.78, 5) is 18.2. The zero-order valence-electron chi connectivity index (χ0n) is 10.8. The lowest BCUT2D eigenvalue weighted by Gasteiger charge is -2.31. The minimum atomic E-state index is 0.0553. The van der Waals surface area contributed by atoms with E-state index in [9.17, 15) is 4.79 Å². The van der Waals surface area contributed by atoms with Crippen LogP contribution >= 0.6 is 0 Å². The molecule has 98 valence electrons. The van der Waals surface area contributed by atoms with Crippen LogP contribution in [0.2, 0.25) is 0 Å². The summed E-state index contributed by atoms with van der Waals surface area (Å²) in [5.74, 6) is 0.823. The maximum Gasteiger partial charge on any atom is 0.255 e. The number of nitrogens with zero attached hydrogens (tertiary/aromatic N) is 2. The highest BCUT2D eigenvalue weighted by molar-refractivity contribution is 5.94. The van der Waals surface area contributed by atoms with Gasteiger partial charge in [-0.3, -0.25) is 4.79 Å². The minimum absolute atomic E-state index is 0.0553. The molecule has 1 aromatic heterocycles. The Morgan fingerprint density at radius 2 is 2.17 bits per heavy atom. The quantitative estimate of drug-likeness (QED) is 0.879. The van der Waals surface area contributed by atoms with Gasteiger partial charge in [-0.25, -0.2) is 4.98 Å². The third kappa shape index (κ3) is 2.79. The number of nitrogens with one attached hydrogen (secondary N) is 1. The molecule has 0 aliphatic carbocycles. The lowest BCUT2D eigenvalue weighted by atomic mass is 10.1. The van der Waals surface area contributed by atoms with E-state index in [0.717, 1.165) is 31.7 Å². The first kappa shape index (κ1) is 12.8. The van der Waals surface area contributed by atoms with E-state index >= 15 is 0 Å². The summed E-state index contributed by atoms with van der Waals surface area (Å²) in [5, 5.41) is 2.93. The Morgan fingerprint density at radius 1 is 1.44 bits per heavy atom. The molecule has 0 saturated carbocycles. The normalized spacial score (nSPS) is 16.7. The number of piperidine rings is 1. The number of hydrogen-bond acceptors (Lipinski definition) is 4. The molecule has 0 unspecified atom stereocenters. The predicted molar refractivity (Wildman–Crippen MR) is 69.7 cm³/mol. The highest BCUT2D eigenvalue weighted by Crippen LogP contribution is 2.16. The Kier molecular flexibility index (Phi) is 4.15. The number of carbonyl (C=O) groups excluding carboxylic acids is 1. The third-order valence-corrected chi connectivity index (χ3v) is 3.33. The van der Waals surface area contributed by atoms with Gasteiger partial charge in [0.15, 0.2) is 0 Å². The number of hydrogen-bond donors (Lipinski definition) is 1. The molecule has 0 spiro atoms. The SMILES string of the molecule is CNc1ccc(C(=O)N2CCC(OC)CC2)cn1. The largest absolute Gasteiger partial charge is 0.381 e. The van der Waals surface area contributed by atoms with Crippen molar-refractivity contribution in [2.24, 2.45) is 0 Å². The van der Waals surface area contributed by atoms with Crippen LogP contribution < -0.4 is 5.32 Å². The lowest BCUT2D eigenvalue weighted by Crippen LogP contribution is -2.40. The van der Waals surface area contributed by atoms with E-state index < -0.39 is 0 Å². The van der Waals surface area contributed by atoms with Crippen LogP contribution in [-0.2, 0) is 4.74 Å². The summed E-state index contributed by atoms with van der Waals surface area (Å²) in [5.41, 5.74) is 0.643. The van der Waals surface area contributed by atoms with Crippen LogP contribution in [0.5, 0.6) is 0 Å². The molecule has 0 atom stereocenters. The predicted octanol–water partition coefficient (Wildman–Crippen LogP) is 1.37. The monoisotopic (exact) mass is 249 g/mol. The number of carbonyl (C=O) groups is 1. The summed E-state index contributed by atoms with van der Waals surface area (Å²) < 4.78 is 5.30. The second kappa shape index (κ2) is 5.82. The molecular weight excluding hydrogens is 230 g/mol. The molecule has 5 heteroatoms. The molecule has 18 heavy (non-hydrogen) atoms. The number of aromatic nitrogens is 1. The van der Waals surface area contributed by atoms with E-state index in [1.807, 2.05) is 17.0 Å². The van der Waals surface area contributed by atoms with Crippen molar-refractivity contribution in [1.29, 1.82) is 0 Å². The molecule has 1 N–H and O–H groups in total. The summed E-state index contributed by atoms with van der Waals surface area (Å²) >= 11 is 0. The van der Waals surface area contributed by atoms with Crippen molar-refractivity contribution in [1.82, 2.24) is 9.88 Å². The summed E-state index contributed by atoms with van der Waals surface area (Å²) in [7, 11) is 3.53. The van der Waals surface area contributed by atoms with Gasteiger partial charge in [0.2, 0.25) is 0 Å². The summed E-state index contributed by atoms with van der Waals surface area (Å²) in [6.07, 6.45) is 3.73. The van der Waals surface area contributed by atoms with Crippen LogP contribution in [0.4, 0.5) is 5.82 Å². The van der Waals surface area contributed by atoms with Crippen molar-refractivity contribution in [3.05, 3.63) is 23.9 Å². The minimum Gasteiger partial charge on any atom is -0.381 e. The van der Waals surface area contributed by atoms with Gasteiger partial charge in [0.1, 0.15) is 5.82 Å². The van der Waals surface area contributed by atoms with E-state index in [1.165, 1.54) is 0 Å². The van der Waals surface area contributed by atoms with E-state index in [1.54, 1.807) is 20.4 Å².